The number of likely N-dealkylation sites (tertiary alicyclic amines) is 1. The first kappa shape index (κ1) is 17.0. The highest BCUT2D eigenvalue weighted by Crippen LogP contribution is 2.41. The maximum Gasteiger partial charge on any atom is 0.267 e. The molecule has 0 aromatic carbocycles. The quantitative estimate of drug-likeness (QED) is 0.859. The van der Waals surface area contributed by atoms with Gasteiger partial charge in [-0.15, -0.1) is 0 Å². The van der Waals surface area contributed by atoms with Crippen molar-refractivity contribution in [3.63, 3.8) is 0 Å². The molecule has 1 spiro atoms. The van der Waals surface area contributed by atoms with E-state index in [0.29, 0.717) is 37.7 Å². The monoisotopic (exact) mass is 333 g/mol. The number of aryl methyl sites for hydroxylation is 1. The van der Waals surface area contributed by atoms with Gasteiger partial charge < -0.3 is 19.5 Å². The molecule has 1 aromatic rings. The van der Waals surface area contributed by atoms with Crippen molar-refractivity contribution >= 4 is 11.8 Å². The number of hydrogen-bond acceptors (Lipinski definition) is 3. The van der Waals surface area contributed by atoms with Crippen LogP contribution >= 0.6 is 0 Å². The zero-order valence-electron chi connectivity index (χ0n) is 14.6. The Labute approximate surface area is 143 Å². The summed E-state index contributed by atoms with van der Waals surface area (Å²) in [4.78, 5) is 26.0. The lowest BCUT2D eigenvalue weighted by Crippen LogP contribution is -2.66. The molecule has 3 heterocycles. The minimum atomic E-state index is -0.168. The molecular formula is C18H27N3O3. The molecule has 0 saturated carbocycles. The van der Waals surface area contributed by atoms with Gasteiger partial charge in [-0.25, -0.2) is 0 Å². The summed E-state index contributed by atoms with van der Waals surface area (Å²) in [5.41, 5.74) is 0.506. The number of rotatable bonds is 6. The first-order valence-electron chi connectivity index (χ1n) is 8.87. The Balaban J connectivity index is 1.47. The molecule has 2 aliphatic rings. The summed E-state index contributed by atoms with van der Waals surface area (Å²) in [7, 11) is 1.87. The summed E-state index contributed by atoms with van der Waals surface area (Å²) in [6.07, 6.45) is 5.28. The molecule has 6 heteroatoms. The molecular weight excluding hydrogens is 306 g/mol. The largest absolute Gasteiger partial charge is 0.371 e. The lowest BCUT2D eigenvalue weighted by molar-refractivity contribution is -0.165. The fourth-order valence-electron chi connectivity index (χ4n) is 3.84. The van der Waals surface area contributed by atoms with Crippen molar-refractivity contribution in [3.8, 4) is 0 Å². The van der Waals surface area contributed by atoms with Gasteiger partial charge in [-0.1, -0.05) is 6.92 Å². The number of carbonyl (C=O) groups is 2. The van der Waals surface area contributed by atoms with Crippen molar-refractivity contribution in [2.75, 3.05) is 26.2 Å². The standard InChI is InChI=1S/C18H27N3O3/c1-3-5-16(22)21-12-18(13-21)14(8-11-24-18)7-9-19-17(23)15-6-4-10-20(15)2/h4,6,10,14H,3,5,7-9,11-13H2,1-2H3,(H,19,23). The lowest BCUT2D eigenvalue weighted by Gasteiger charge is -2.50. The van der Waals surface area contributed by atoms with Gasteiger partial charge in [0.1, 0.15) is 11.3 Å². The highest BCUT2D eigenvalue weighted by atomic mass is 16.5. The molecule has 1 N–H and O–H groups in total. The Kier molecular flexibility index (Phi) is 4.94. The number of carbonyl (C=O) groups excluding carboxylic acids is 2. The number of ether oxygens (including phenoxy) is 1. The van der Waals surface area contributed by atoms with Crippen molar-refractivity contribution in [2.45, 2.75) is 38.2 Å². The van der Waals surface area contributed by atoms with Crippen molar-refractivity contribution in [2.24, 2.45) is 13.0 Å². The average Bonchev–Trinajstić information content (AvgIpc) is 3.12. The van der Waals surface area contributed by atoms with Crippen LogP contribution < -0.4 is 5.32 Å². The maximum absolute atomic E-state index is 12.1. The number of nitrogens with one attached hydrogen (secondary N) is 1. The zero-order chi connectivity index (χ0) is 17.2. The number of hydrogen-bond donors (Lipinski definition) is 1. The summed E-state index contributed by atoms with van der Waals surface area (Å²) in [5.74, 6) is 0.607. The molecule has 0 aliphatic carbocycles. The Morgan fingerprint density at radius 3 is 2.88 bits per heavy atom. The Bertz CT molecular complexity index is 604. The predicted octanol–water partition coefficient (Wildman–Crippen LogP) is 1.56. The number of nitrogens with zero attached hydrogens (tertiary/aromatic N) is 2. The van der Waals surface area contributed by atoms with Crippen LogP contribution in [0, 0.1) is 5.92 Å². The summed E-state index contributed by atoms with van der Waals surface area (Å²) in [6.45, 7) is 4.84. The van der Waals surface area contributed by atoms with E-state index >= 15 is 0 Å². The number of aromatic nitrogens is 1. The van der Waals surface area contributed by atoms with Gasteiger partial charge in [-0.05, 0) is 37.3 Å². The van der Waals surface area contributed by atoms with Gasteiger partial charge in [0.2, 0.25) is 5.91 Å². The third-order valence-corrected chi connectivity index (χ3v) is 5.29. The van der Waals surface area contributed by atoms with Crippen molar-refractivity contribution in [3.05, 3.63) is 24.0 Å². The fraction of sp³-hybridized carbons (Fsp3) is 0.667. The Morgan fingerprint density at radius 1 is 1.42 bits per heavy atom. The smallest absolute Gasteiger partial charge is 0.267 e. The summed E-state index contributed by atoms with van der Waals surface area (Å²) < 4.78 is 7.80. The SMILES string of the molecule is CCCC(=O)N1CC2(C1)OCCC2CCNC(=O)c1cccn1C. The van der Waals surface area contributed by atoms with Gasteiger partial charge in [0.05, 0.1) is 13.1 Å². The highest BCUT2D eigenvalue weighted by molar-refractivity contribution is 5.92. The molecule has 132 valence electrons. The molecule has 2 fully saturated rings. The molecule has 6 nitrogen and oxygen atoms in total. The van der Waals surface area contributed by atoms with Gasteiger partial charge >= 0.3 is 0 Å². The second-order valence-corrected chi connectivity index (χ2v) is 6.95. The highest BCUT2D eigenvalue weighted by Gasteiger charge is 2.53. The van der Waals surface area contributed by atoms with Crippen LogP contribution in [0.1, 0.15) is 43.1 Å². The van der Waals surface area contributed by atoms with Gasteiger partial charge in [-0.3, -0.25) is 9.59 Å². The molecule has 0 radical (unpaired) electrons. The van der Waals surface area contributed by atoms with E-state index in [4.69, 9.17) is 4.74 Å². The molecule has 0 bridgehead atoms. The molecule has 2 aliphatic heterocycles. The molecule has 1 atom stereocenters. The van der Waals surface area contributed by atoms with E-state index in [-0.39, 0.29) is 17.4 Å². The third kappa shape index (κ3) is 3.20. The Morgan fingerprint density at radius 2 is 2.21 bits per heavy atom. The maximum atomic E-state index is 12.1. The van der Waals surface area contributed by atoms with Crippen LogP contribution in [0.4, 0.5) is 0 Å². The van der Waals surface area contributed by atoms with Crippen molar-refractivity contribution in [1.82, 2.24) is 14.8 Å². The molecule has 1 aromatic heterocycles. The lowest BCUT2D eigenvalue weighted by atomic mass is 9.78. The van der Waals surface area contributed by atoms with E-state index in [9.17, 15) is 9.59 Å². The van der Waals surface area contributed by atoms with Crippen molar-refractivity contribution in [1.29, 1.82) is 0 Å². The van der Waals surface area contributed by atoms with Gasteiger partial charge in [-0.2, -0.15) is 0 Å². The second-order valence-electron chi connectivity index (χ2n) is 6.95. The van der Waals surface area contributed by atoms with E-state index in [1.54, 1.807) is 0 Å². The molecule has 1 unspecified atom stereocenters. The molecule has 2 amide bonds. The zero-order valence-corrected chi connectivity index (χ0v) is 14.6. The normalized spacial score (nSPS) is 21.8. The molecule has 24 heavy (non-hydrogen) atoms. The first-order chi connectivity index (χ1) is 11.6. The summed E-state index contributed by atoms with van der Waals surface area (Å²) >= 11 is 0. The summed E-state index contributed by atoms with van der Waals surface area (Å²) in [6, 6.07) is 3.68. The van der Waals surface area contributed by atoms with Crippen LogP contribution in [0.5, 0.6) is 0 Å². The second kappa shape index (κ2) is 6.97. The van der Waals surface area contributed by atoms with Crippen molar-refractivity contribution < 1.29 is 14.3 Å². The minimum Gasteiger partial charge on any atom is -0.371 e. The van der Waals surface area contributed by atoms with Gasteiger partial charge in [0.15, 0.2) is 0 Å². The average molecular weight is 333 g/mol. The van der Waals surface area contributed by atoms with Crippen LogP contribution in [0.25, 0.3) is 0 Å². The van der Waals surface area contributed by atoms with Crippen LogP contribution in [0.15, 0.2) is 18.3 Å². The first-order valence-corrected chi connectivity index (χ1v) is 8.87. The van der Waals surface area contributed by atoms with Crippen LogP contribution in [-0.4, -0.2) is 53.1 Å². The third-order valence-electron chi connectivity index (χ3n) is 5.29. The van der Waals surface area contributed by atoms with Gasteiger partial charge in [0, 0.05) is 32.8 Å². The van der Waals surface area contributed by atoms with E-state index in [1.807, 2.05) is 41.8 Å². The van der Waals surface area contributed by atoms with E-state index < -0.39 is 0 Å². The van der Waals surface area contributed by atoms with E-state index in [2.05, 4.69) is 5.32 Å². The predicted molar refractivity (Wildman–Crippen MR) is 90.6 cm³/mol. The molecule has 3 rings (SSSR count). The topological polar surface area (TPSA) is 63.6 Å². The molecule has 2 saturated heterocycles. The van der Waals surface area contributed by atoms with Crippen LogP contribution in [-0.2, 0) is 16.6 Å². The van der Waals surface area contributed by atoms with Gasteiger partial charge in [0.25, 0.3) is 5.91 Å². The number of amides is 2. The van der Waals surface area contributed by atoms with Crippen LogP contribution in [0.3, 0.4) is 0 Å². The van der Waals surface area contributed by atoms with E-state index in [0.717, 1.165) is 25.9 Å². The fourth-order valence-corrected chi connectivity index (χ4v) is 3.84. The summed E-state index contributed by atoms with van der Waals surface area (Å²) in [5, 5.41) is 3.00. The van der Waals surface area contributed by atoms with E-state index in [1.165, 1.54) is 0 Å². The minimum absolute atomic E-state index is 0.0381. The Hall–Kier alpha value is -1.82. The van der Waals surface area contributed by atoms with Crippen LogP contribution in [0.2, 0.25) is 0 Å².